The summed E-state index contributed by atoms with van der Waals surface area (Å²) in [6, 6.07) is 3.53. The van der Waals surface area contributed by atoms with Crippen molar-refractivity contribution in [2.24, 2.45) is 0 Å². The third-order valence-corrected chi connectivity index (χ3v) is 2.62. The molecule has 1 unspecified atom stereocenters. The van der Waals surface area contributed by atoms with Gasteiger partial charge in [0, 0.05) is 11.6 Å². The Morgan fingerprint density at radius 3 is 2.71 bits per heavy atom. The minimum atomic E-state index is -2.88. The molecule has 0 aromatic heterocycles. The maximum atomic E-state index is 13.1. The van der Waals surface area contributed by atoms with E-state index < -0.39 is 12.4 Å². The molecule has 1 fully saturated rings. The number of nitrogens with one attached hydrogen (secondary N) is 1. The Morgan fingerprint density at radius 1 is 1.35 bits per heavy atom. The van der Waals surface area contributed by atoms with E-state index in [4.69, 9.17) is 0 Å². The summed E-state index contributed by atoms with van der Waals surface area (Å²) in [4.78, 5) is 0. The highest BCUT2D eigenvalue weighted by atomic mass is 35.5. The van der Waals surface area contributed by atoms with Crippen molar-refractivity contribution in [3.63, 3.8) is 0 Å². The number of halogens is 4. The topological polar surface area (TPSA) is 21.3 Å². The molecule has 0 spiro atoms. The van der Waals surface area contributed by atoms with Crippen LogP contribution in [-0.2, 0) is 0 Å². The Labute approximate surface area is 104 Å². The first-order valence-corrected chi connectivity index (χ1v) is 5.14. The van der Waals surface area contributed by atoms with Gasteiger partial charge in [0.05, 0.1) is 0 Å². The van der Waals surface area contributed by atoms with Crippen LogP contribution in [0.5, 0.6) is 5.75 Å². The summed E-state index contributed by atoms with van der Waals surface area (Å²) in [6.45, 7) is -2.07. The molecule has 1 aliphatic rings. The van der Waals surface area contributed by atoms with E-state index in [0.717, 1.165) is 25.5 Å². The maximum absolute atomic E-state index is 13.1. The Kier molecular flexibility index (Phi) is 5.08. The zero-order chi connectivity index (χ0) is 11.5. The van der Waals surface area contributed by atoms with Crippen LogP contribution in [0.2, 0.25) is 0 Å². The Morgan fingerprint density at radius 2 is 2.12 bits per heavy atom. The first-order valence-electron chi connectivity index (χ1n) is 5.14. The zero-order valence-electron chi connectivity index (χ0n) is 8.96. The Hall–Kier alpha value is -0.940. The van der Waals surface area contributed by atoms with Crippen molar-refractivity contribution in [1.82, 2.24) is 5.32 Å². The van der Waals surface area contributed by atoms with Crippen LogP contribution in [0, 0.1) is 5.82 Å². The van der Waals surface area contributed by atoms with E-state index >= 15 is 0 Å². The second-order valence-electron chi connectivity index (χ2n) is 3.71. The third-order valence-electron chi connectivity index (χ3n) is 2.62. The van der Waals surface area contributed by atoms with Crippen molar-refractivity contribution in [2.45, 2.75) is 25.5 Å². The summed E-state index contributed by atoms with van der Waals surface area (Å²) in [5.41, 5.74) is 0.470. The molecule has 6 heteroatoms. The minimum absolute atomic E-state index is 0. The van der Waals surface area contributed by atoms with Gasteiger partial charge in [0.1, 0.15) is 11.6 Å². The van der Waals surface area contributed by atoms with Crippen LogP contribution < -0.4 is 10.1 Å². The van der Waals surface area contributed by atoms with Gasteiger partial charge < -0.3 is 10.1 Å². The van der Waals surface area contributed by atoms with Crippen molar-refractivity contribution >= 4 is 12.4 Å². The quantitative estimate of drug-likeness (QED) is 0.908. The molecule has 0 amide bonds. The summed E-state index contributed by atoms with van der Waals surface area (Å²) in [5, 5.41) is 3.12. The monoisotopic (exact) mass is 267 g/mol. The van der Waals surface area contributed by atoms with Gasteiger partial charge >= 0.3 is 6.61 Å². The molecule has 1 N–H and O–H groups in total. The lowest BCUT2D eigenvalue weighted by atomic mass is 10.0. The minimum Gasteiger partial charge on any atom is -0.434 e. The van der Waals surface area contributed by atoms with E-state index in [1.807, 2.05) is 0 Å². The second kappa shape index (κ2) is 6.12. The fraction of sp³-hybridized carbons (Fsp3) is 0.455. The first kappa shape index (κ1) is 14.1. The van der Waals surface area contributed by atoms with Crippen molar-refractivity contribution in [3.8, 4) is 5.75 Å². The largest absolute Gasteiger partial charge is 0.434 e. The highest BCUT2D eigenvalue weighted by Gasteiger charge is 2.21. The maximum Gasteiger partial charge on any atom is 0.387 e. The molecular weight excluding hydrogens is 255 g/mol. The number of benzene rings is 1. The van der Waals surface area contributed by atoms with E-state index in [9.17, 15) is 13.2 Å². The lowest BCUT2D eigenvalue weighted by Gasteiger charge is -2.16. The van der Waals surface area contributed by atoms with E-state index in [1.165, 1.54) is 12.1 Å². The third kappa shape index (κ3) is 3.51. The lowest BCUT2D eigenvalue weighted by Crippen LogP contribution is -2.15. The molecule has 0 aliphatic carbocycles. The van der Waals surface area contributed by atoms with E-state index in [2.05, 4.69) is 10.1 Å². The van der Waals surface area contributed by atoms with Gasteiger partial charge in [0.2, 0.25) is 0 Å². The smallest absolute Gasteiger partial charge is 0.387 e. The molecule has 1 aromatic carbocycles. The predicted molar refractivity (Wildman–Crippen MR) is 60.3 cm³/mol. The van der Waals surface area contributed by atoms with E-state index in [-0.39, 0.29) is 24.2 Å². The fourth-order valence-electron chi connectivity index (χ4n) is 1.94. The Bertz CT molecular complexity index is 370. The summed E-state index contributed by atoms with van der Waals surface area (Å²) >= 11 is 0. The normalized spacial score (nSPS) is 19.2. The molecule has 96 valence electrons. The van der Waals surface area contributed by atoms with Gasteiger partial charge in [-0.25, -0.2) is 4.39 Å². The summed E-state index contributed by atoms with van der Waals surface area (Å²) < 4.78 is 41.7. The molecule has 1 aromatic rings. The highest BCUT2D eigenvalue weighted by molar-refractivity contribution is 5.85. The standard InChI is InChI=1S/C11H12F3NO.ClH/c12-7-3-4-10(16-11(13)14)8(6-7)9-2-1-5-15-9;/h3-4,6,9,11,15H,1-2,5H2;1H. The number of rotatable bonds is 3. The Balaban J connectivity index is 0.00000144. The summed E-state index contributed by atoms with van der Waals surface area (Å²) in [5.74, 6) is -0.388. The van der Waals surface area contributed by atoms with Crippen LogP contribution in [0.25, 0.3) is 0 Å². The van der Waals surface area contributed by atoms with Crippen LogP contribution in [0.3, 0.4) is 0 Å². The molecule has 1 heterocycles. The molecule has 2 rings (SSSR count). The number of ether oxygens (including phenoxy) is 1. The molecule has 1 aliphatic heterocycles. The number of hydrogen-bond donors (Lipinski definition) is 1. The van der Waals surface area contributed by atoms with Crippen molar-refractivity contribution in [2.75, 3.05) is 6.54 Å². The first-order chi connectivity index (χ1) is 7.66. The summed E-state index contributed by atoms with van der Waals surface area (Å²) in [6.07, 6.45) is 1.76. The lowest BCUT2D eigenvalue weighted by molar-refractivity contribution is -0.0507. The van der Waals surface area contributed by atoms with E-state index in [1.54, 1.807) is 0 Å². The van der Waals surface area contributed by atoms with Gasteiger partial charge in [0.15, 0.2) is 0 Å². The molecule has 1 saturated heterocycles. The van der Waals surface area contributed by atoms with Gasteiger partial charge in [-0.15, -0.1) is 12.4 Å². The van der Waals surface area contributed by atoms with Crippen LogP contribution >= 0.6 is 12.4 Å². The van der Waals surface area contributed by atoms with Gasteiger partial charge in [-0.05, 0) is 37.6 Å². The fourth-order valence-corrected chi connectivity index (χ4v) is 1.94. The van der Waals surface area contributed by atoms with Crippen LogP contribution in [-0.4, -0.2) is 13.2 Å². The number of alkyl halides is 2. The highest BCUT2D eigenvalue weighted by Crippen LogP contribution is 2.32. The molecular formula is C11H13ClF3NO. The molecule has 1 atom stereocenters. The second-order valence-corrected chi connectivity index (χ2v) is 3.71. The average molecular weight is 268 g/mol. The molecule has 17 heavy (non-hydrogen) atoms. The predicted octanol–water partition coefficient (Wildman–Crippen LogP) is 3.27. The van der Waals surface area contributed by atoms with Crippen molar-refractivity contribution in [3.05, 3.63) is 29.6 Å². The molecule has 2 nitrogen and oxygen atoms in total. The zero-order valence-corrected chi connectivity index (χ0v) is 9.77. The summed E-state index contributed by atoms with van der Waals surface area (Å²) in [7, 11) is 0. The van der Waals surface area contributed by atoms with Gasteiger partial charge in [-0.2, -0.15) is 8.78 Å². The van der Waals surface area contributed by atoms with Gasteiger partial charge in [0.25, 0.3) is 0 Å². The van der Waals surface area contributed by atoms with Crippen LogP contribution in [0.15, 0.2) is 18.2 Å². The average Bonchev–Trinajstić information content (AvgIpc) is 2.73. The van der Waals surface area contributed by atoms with Crippen LogP contribution in [0.1, 0.15) is 24.4 Å². The van der Waals surface area contributed by atoms with Crippen LogP contribution in [0.4, 0.5) is 13.2 Å². The molecule has 0 bridgehead atoms. The van der Waals surface area contributed by atoms with Crippen molar-refractivity contribution < 1.29 is 17.9 Å². The van der Waals surface area contributed by atoms with E-state index in [0.29, 0.717) is 5.56 Å². The molecule has 0 saturated carbocycles. The van der Waals surface area contributed by atoms with Gasteiger partial charge in [-0.1, -0.05) is 0 Å². The van der Waals surface area contributed by atoms with Crippen molar-refractivity contribution in [1.29, 1.82) is 0 Å². The number of hydrogen-bond acceptors (Lipinski definition) is 2. The molecule has 0 radical (unpaired) electrons. The van der Waals surface area contributed by atoms with Gasteiger partial charge in [-0.3, -0.25) is 0 Å². The SMILES string of the molecule is Cl.Fc1ccc(OC(F)F)c(C2CCCN2)c1.